The highest BCUT2D eigenvalue weighted by Gasteiger charge is 2.32. The van der Waals surface area contributed by atoms with Crippen LogP contribution in [0.5, 0.6) is 0 Å². The summed E-state index contributed by atoms with van der Waals surface area (Å²) in [6, 6.07) is -5.12. The van der Waals surface area contributed by atoms with Gasteiger partial charge in [-0.3, -0.25) is 24.0 Å². The topological polar surface area (TPSA) is 237 Å². The fourth-order valence-corrected chi connectivity index (χ4v) is 3.11. The summed E-state index contributed by atoms with van der Waals surface area (Å²) in [6.07, 6.45) is 1.29. The van der Waals surface area contributed by atoms with E-state index in [-0.39, 0.29) is 12.3 Å². The van der Waals surface area contributed by atoms with Gasteiger partial charge in [-0.25, -0.2) is 4.79 Å². The molecule has 0 rings (SSSR count). The lowest BCUT2D eigenvalue weighted by Crippen LogP contribution is -2.58. The van der Waals surface area contributed by atoms with Crippen molar-refractivity contribution in [3.63, 3.8) is 0 Å². The molecule has 0 spiro atoms. The van der Waals surface area contributed by atoms with Crippen LogP contribution in [0.3, 0.4) is 0 Å². The SMILES string of the molecule is CCC(C)C(N)C(=O)NC(CC(N)=O)C(=O)NC(CCSC)C(=O)NC(CC(N)=O)C(=O)O. The van der Waals surface area contributed by atoms with E-state index in [0.717, 1.165) is 0 Å². The van der Waals surface area contributed by atoms with Crippen LogP contribution < -0.4 is 33.2 Å². The lowest BCUT2D eigenvalue weighted by molar-refractivity contribution is -0.143. The van der Waals surface area contributed by atoms with Crippen molar-refractivity contribution in [1.82, 2.24) is 16.0 Å². The monoisotopic (exact) mass is 490 g/mol. The third kappa shape index (κ3) is 11.5. The van der Waals surface area contributed by atoms with Crippen LogP contribution in [0.1, 0.15) is 39.5 Å². The molecule has 33 heavy (non-hydrogen) atoms. The Morgan fingerprint density at radius 2 is 1.30 bits per heavy atom. The van der Waals surface area contributed by atoms with Crippen LogP contribution in [0.15, 0.2) is 0 Å². The van der Waals surface area contributed by atoms with E-state index in [1.807, 2.05) is 6.92 Å². The van der Waals surface area contributed by atoms with Crippen LogP contribution in [-0.2, 0) is 28.8 Å². The van der Waals surface area contributed by atoms with Crippen molar-refractivity contribution in [2.75, 3.05) is 12.0 Å². The number of nitrogens with two attached hydrogens (primary N) is 3. The Hall–Kier alpha value is -2.87. The zero-order chi connectivity index (χ0) is 25.7. The Morgan fingerprint density at radius 1 is 0.848 bits per heavy atom. The first-order valence-corrected chi connectivity index (χ1v) is 11.7. The Labute approximate surface area is 196 Å². The van der Waals surface area contributed by atoms with Crippen molar-refractivity contribution in [3.05, 3.63) is 0 Å². The second-order valence-electron chi connectivity index (χ2n) is 7.56. The zero-order valence-electron chi connectivity index (χ0n) is 19.0. The van der Waals surface area contributed by atoms with Gasteiger partial charge in [-0.1, -0.05) is 20.3 Å². The maximum absolute atomic E-state index is 12.8. The quantitative estimate of drug-likeness (QED) is 0.120. The molecule has 0 aromatic carbocycles. The zero-order valence-corrected chi connectivity index (χ0v) is 19.8. The minimum Gasteiger partial charge on any atom is -0.480 e. The first-order valence-electron chi connectivity index (χ1n) is 10.3. The van der Waals surface area contributed by atoms with Crippen LogP contribution in [-0.4, -0.2) is 76.8 Å². The number of carboxylic acid groups (broad SMARTS) is 1. The highest BCUT2D eigenvalue weighted by molar-refractivity contribution is 7.98. The molecule has 0 heterocycles. The summed E-state index contributed by atoms with van der Waals surface area (Å²) in [5.41, 5.74) is 16.1. The molecule has 14 heteroatoms. The lowest BCUT2D eigenvalue weighted by Gasteiger charge is -2.25. The molecule has 0 fully saturated rings. The number of nitrogens with one attached hydrogen (secondary N) is 3. The number of hydrogen-bond acceptors (Lipinski definition) is 8. The van der Waals surface area contributed by atoms with Crippen LogP contribution in [0.2, 0.25) is 0 Å². The van der Waals surface area contributed by atoms with E-state index in [9.17, 15) is 33.9 Å². The van der Waals surface area contributed by atoms with E-state index in [2.05, 4.69) is 16.0 Å². The predicted molar refractivity (Wildman–Crippen MR) is 121 cm³/mol. The molecule has 0 bridgehead atoms. The molecule has 5 amide bonds. The summed E-state index contributed by atoms with van der Waals surface area (Å²) in [6.45, 7) is 3.59. The molecule has 0 saturated carbocycles. The molecule has 0 aromatic rings. The normalized spacial score (nSPS) is 15.3. The Morgan fingerprint density at radius 3 is 1.76 bits per heavy atom. The van der Waals surface area contributed by atoms with Crippen LogP contribution in [0, 0.1) is 5.92 Å². The number of aliphatic carboxylic acids is 1. The summed E-state index contributed by atoms with van der Waals surface area (Å²) >= 11 is 1.37. The average Bonchev–Trinajstić information content (AvgIpc) is 2.73. The summed E-state index contributed by atoms with van der Waals surface area (Å²) in [7, 11) is 0. The molecule has 13 nitrogen and oxygen atoms in total. The number of carbonyl (C=O) groups excluding carboxylic acids is 5. The summed E-state index contributed by atoms with van der Waals surface area (Å²) < 4.78 is 0. The molecule has 0 radical (unpaired) electrons. The average molecular weight is 491 g/mol. The lowest BCUT2D eigenvalue weighted by atomic mass is 9.99. The highest BCUT2D eigenvalue weighted by Crippen LogP contribution is 2.07. The van der Waals surface area contributed by atoms with E-state index in [1.165, 1.54) is 11.8 Å². The summed E-state index contributed by atoms with van der Waals surface area (Å²) in [5, 5.41) is 16.1. The molecule has 0 aromatic heterocycles. The van der Waals surface area contributed by atoms with E-state index in [1.54, 1.807) is 13.2 Å². The Kier molecular flexibility index (Phi) is 13.7. The van der Waals surface area contributed by atoms with Crippen molar-refractivity contribution in [3.8, 4) is 0 Å². The summed E-state index contributed by atoms with van der Waals surface area (Å²) in [5.74, 6) is -5.47. The van der Waals surface area contributed by atoms with Crippen molar-refractivity contribution < 1.29 is 33.9 Å². The van der Waals surface area contributed by atoms with Gasteiger partial charge in [0.05, 0.1) is 18.9 Å². The van der Waals surface area contributed by atoms with Gasteiger partial charge < -0.3 is 38.3 Å². The van der Waals surface area contributed by atoms with Crippen molar-refractivity contribution in [2.24, 2.45) is 23.1 Å². The fraction of sp³-hybridized carbons (Fsp3) is 0.684. The number of thioether (sulfide) groups is 1. The number of carbonyl (C=O) groups is 6. The van der Waals surface area contributed by atoms with Gasteiger partial charge in [0.15, 0.2) is 0 Å². The molecule has 0 aliphatic rings. The molecular formula is C19H34N6O7S. The first kappa shape index (κ1) is 30.1. The maximum Gasteiger partial charge on any atom is 0.326 e. The van der Waals surface area contributed by atoms with E-state index < -0.39 is 72.5 Å². The van der Waals surface area contributed by atoms with Gasteiger partial charge in [0, 0.05) is 0 Å². The Bertz CT molecular complexity index is 735. The number of rotatable bonds is 16. The van der Waals surface area contributed by atoms with Crippen molar-refractivity contribution in [1.29, 1.82) is 0 Å². The van der Waals surface area contributed by atoms with Gasteiger partial charge in [0.1, 0.15) is 18.1 Å². The molecule has 0 aliphatic carbocycles. The van der Waals surface area contributed by atoms with Crippen LogP contribution in [0.4, 0.5) is 0 Å². The minimum absolute atomic E-state index is 0.102. The second kappa shape index (κ2) is 15.1. The Balaban J connectivity index is 5.53. The number of carboxylic acids is 1. The number of primary amides is 2. The highest BCUT2D eigenvalue weighted by atomic mass is 32.2. The second-order valence-corrected chi connectivity index (χ2v) is 8.54. The van der Waals surface area contributed by atoms with Crippen LogP contribution in [0.25, 0.3) is 0 Å². The minimum atomic E-state index is -1.58. The number of amides is 5. The standard InChI is InChI=1S/C19H34N6O7S/c1-4-9(2)15(22)18(30)24-11(7-13(20)26)17(29)23-10(5-6-33-3)16(28)25-12(19(31)32)8-14(21)27/h9-12,15H,4-8,22H2,1-3H3,(H2,20,26)(H2,21,27)(H,23,29)(H,24,30)(H,25,28)(H,31,32). The van der Waals surface area contributed by atoms with Gasteiger partial charge in [0.2, 0.25) is 29.5 Å². The van der Waals surface area contributed by atoms with E-state index in [0.29, 0.717) is 12.2 Å². The first-order chi connectivity index (χ1) is 15.3. The van der Waals surface area contributed by atoms with Gasteiger partial charge in [0.25, 0.3) is 0 Å². The van der Waals surface area contributed by atoms with E-state index >= 15 is 0 Å². The largest absolute Gasteiger partial charge is 0.480 e. The fourth-order valence-electron chi connectivity index (χ4n) is 2.64. The molecule has 5 unspecified atom stereocenters. The third-order valence-electron chi connectivity index (χ3n) is 4.86. The van der Waals surface area contributed by atoms with Gasteiger partial charge >= 0.3 is 5.97 Å². The molecule has 10 N–H and O–H groups in total. The van der Waals surface area contributed by atoms with Gasteiger partial charge in [-0.2, -0.15) is 11.8 Å². The third-order valence-corrected chi connectivity index (χ3v) is 5.51. The van der Waals surface area contributed by atoms with Crippen molar-refractivity contribution >= 4 is 47.3 Å². The molecular weight excluding hydrogens is 456 g/mol. The smallest absolute Gasteiger partial charge is 0.326 e. The molecule has 0 aliphatic heterocycles. The van der Waals surface area contributed by atoms with Gasteiger partial charge in [-0.05, 0) is 24.3 Å². The van der Waals surface area contributed by atoms with E-state index in [4.69, 9.17) is 17.2 Å². The molecule has 0 saturated heterocycles. The summed E-state index contributed by atoms with van der Waals surface area (Å²) in [4.78, 5) is 71.6. The van der Waals surface area contributed by atoms with Gasteiger partial charge in [-0.15, -0.1) is 0 Å². The molecule has 188 valence electrons. The number of hydrogen-bond donors (Lipinski definition) is 7. The van der Waals surface area contributed by atoms with Crippen molar-refractivity contribution in [2.45, 2.75) is 63.7 Å². The molecule has 5 atom stereocenters. The van der Waals surface area contributed by atoms with Crippen LogP contribution >= 0.6 is 11.8 Å². The predicted octanol–water partition coefficient (Wildman–Crippen LogP) is -2.60. The maximum atomic E-state index is 12.8.